The number of amides is 3. The topological polar surface area (TPSA) is 100 Å². The van der Waals surface area contributed by atoms with Crippen molar-refractivity contribution in [3.8, 4) is 5.75 Å². The lowest BCUT2D eigenvalue weighted by atomic mass is 10.1. The highest BCUT2D eigenvalue weighted by Gasteiger charge is 2.30. The Hall–Kier alpha value is -2.80. The molecule has 0 unspecified atom stereocenters. The molecule has 2 heterocycles. The molecular weight excluding hydrogens is 566 g/mol. The van der Waals surface area contributed by atoms with Crippen molar-refractivity contribution >= 4 is 52.0 Å². The molecule has 1 aliphatic heterocycles. The van der Waals surface area contributed by atoms with Gasteiger partial charge in [0.1, 0.15) is 12.6 Å². The number of thiophene rings is 1. The minimum Gasteiger partial charge on any atom is -0.433 e. The molecule has 0 aliphatic carbocycles. The summed E-state index contributed by atoms with van der Waals surface area (Å²) in [5.74, 6) is -1.04. The molecule has 1 aromatic heterocycles. The molecule has 1 aromatic carbocycles. The summed E-state index contributed by atoms with van der Waals surface area (Å²) in [6.07, 6.45) is 0. The van der Waals surface area contributed by atoms with Crippen molar-refractivity contribution in [3.63, 3.8) is 0 Å². The summed E-state index contributed by atoms with van der Waals surface area (Å²) in [5, 5.41) is 5.53. The molecule has 1 atom stereocenters. The molecule has 1 aliphatic rings. The molecule has 0 spiro atoms. The van der Waals surface area contributed by atoms with E-state index in [2.05, 4.69) is 10.6 Å². The van der Waals surface area contributed by atoms with Gasteiger partial charge in [0.15, 0.2) is 5.75 Å². The summed E-state index contributed by atoms with van der Waals surface area (Å²) >= 11 is 7.09. The fraction of sp³-hybridized carbons (Fsp3) is 0.519. The standard InChI is InChI=1S/C27H35ClF2N4O5S/c1-16(2)13-33(14-17(3)4)20(12-31-26(37)22-7-8-23(28)40-22)25(36)32-19-6-5-18(11-21(19)39-27(29)30)34-9-10-38-15-24(34)35/h5-8,11,16-17,20,27H,9-10,12-15H2,1-4H3,(H,31,37)(H,32,36)/t20-/m0/s1. The van der Waals surface area contributed by atoms with Gasteiger partial charge in [0.25, 0.3) is 11.8 Å². The van der Waals surface area contributed by atoms with Crippen LogP contribution in [-0.4, -0.2) is 74.7 Å². The number of carbonyl (C=O) groups is 3. The number of ether oxygens (including phenoxy) is 2. The van der Waals surface area contributed by atoms with Crippen LogP contribution in [0.15, 0.2) is 30.3 Å². The Bertz CT molecular complexity index is 1170. The third-order valence-corrected chi connectivity index (χ3v) is 7.16. The van der Waals surface area contributed by atoms with Gasteiger partial charge >= 0.3 is 6.61 Å². The van der Waals surface area contributed by atoms with Gasteiger partial charge < -0.3 is 25.0 Å². The lowest BCUT2D eigenvalue weighted by Gasteiger charge is -2.33. The predicted molar refractivity (Wildman–Crippen MR) is 152 cm³/mol. The van der Waals surface area contributed by atoms with E-state index in [1.54, 1.807) is 18.2 Å². The molecule has 0 saturated carbocycles. The Morgan fingerprint density at radius 2 is 1.85 bits per heavy atom. The second-order valence-electron chi connectivity index (χ2n) is 10.2. The molecule has 40 heavy (non-hydrogen) atoms. The van der Waals surface area contributed by atoms with Gasteiger partial charge in [0.2, 0.25) is 5.91 Å². The van der Waals surface area contributed by atoms with E-state index in [9.17, 15) is 23.2 Å². The van der Waals surface area contributed by atoms with E-state index >= 15 is 0 Å². The minimum atomic E-state index is -3.16. The number of halogens is 3. The van der Waals surface area contributed by atoms with Crippen LogP contribution in [0.5, 0.6) is 5.75 Å². The van der Waals surface area contributed by atoms with E-state index < -0.39 is 18.6 Å². The molecule has 13 heteroatoms. The number of hydrogen-bond donors (Lipinski definition) is 2. The number of morpholine rings is 1. The van der Waals surface area contributed by atoms with Crippen LogP contribution in [0.4, 0.5) is 20.2 Å². The van der Waals surface area contributed by atoms with Crippen LogP contribution in [-0.2, 0) is 14.3 Å². The summed E-state index contributed by atoms with van der Waals surface area (Å²) in [7, 11) is 0. The van der Waals surface area contributed by atoms with Crippen LogP contribution >= 0.6 is 22.9 Å². The number of nitrogens with one attached hydrogen (secondary N) is 2. The molecule has 2 aromatic rings. The molecule has 9 nitrogen and oxygen atoms in total. The van der Waals surface area contributed by atoms with Crippen LogP contribution in [0.25, 0.3) is 0 Å². The summed E-state index contributed by atoms with van der Waals surface area (Å²) in [6, 6.07) is 6.67. The number of nitrogens with zero attached hydrogens (tertiary/aromatic N) is 2. The highest BCUT2D eigenvalue weighted by atomic mass is 35.5. The smallest absolute Gasteiger partial charge is 0.387 e. The van der Waals surface area contributed by atoms with E-state index in [0.29, 0.717) is 34.6 Å². The zero-order valence-corrected chi connectivity index (χ0v) is 24.5. The molecule has 3 rings (SSSR count). The van der Waals surface area contributed by atoms with Crippen molar-refractivity contribution in [2.24, 2.45) is 11.8 Å². The Labute approximate surface area is 241 Å². The van der Waals surface area contributed by atoms with Crippen LogP contribution in [0.2, 0.25) is 4.34 Å². The van der Waals surface area contributed by atoms with Crippen molar-refractivity contribution in [1.29, 1.82) is 0 Å². The van der Waals surface area contributed by atoms with Crippen LogP contribution in [0.3, 0.4) is 0 Å². The summed E-state index contributed by atoms with van der Waals surface area (Å²) in [6.45, 7) is 6.49. The van der Waals surface area contributed by atoms with Crippen LogP contribution in [0, 0.1) is 11.8 Å². The van der Waals surface area contributed by atoms with Gasteiger partial charge in [-0.1, -0.05) is 39.3 Å². The number of carbonyl (C=O) groups excluding carboxylic acids is 3. The summed E-state index contributed by atoms with van der Waals surface area (Å²) in [4.78, 5) is 42.5. The Kier molecular flexibility index (Phi) is 11.7. The zero-order chi connectivity index (χ0) is 29.4. The molecular formula is C27H35ClF2N4O5S. The Morgan fingerprint density at radius 1 is 1.15 bits per heavy atom. The molecule has 1 saturated heterocycles. The quantitative estimate of drug-likeness (QED) is 0.345. The fourth-order valence-corrected chi connectivity index (χ4v) is 5.31. The van der Waals surface area contributed by atoms with Gasteiger partial charge in [-0.05, 0) is 36.1 Å². The van der Waals surface area contributed by atoms with Gasteiger partial charge in [-0.25, -0.2) is 0 Å². The van der Waals surface area contributed by atoms with Crippen molar-refractivity contribution in [2.75, 3.05) is 49.6 Å². The van der Waals surface area contributed by atoms with Crippen molar-refractivity contribution in [3.05, 3.63) is 39.5 Å². The highest BCUT2D eigenvalue weighted by Crippen LogP contribution is 2.32. The Balaban J connectivity index is 1.88. The first-order chi connectivity index (χ1) is 18.9. The molecule has 0 radical (unpaired) electrons. The third kappa shape index (κ3) is 9.12. The first kappa shape index (κ1) is 31.7. The number of rotatable bonds is 13. The predicted octanol–water partition coefficient (Wildman–Crippen LogP) is 4.72. The van der Waals surface area contributed by atoms with Gasteiger partial charge in [-0.15, -0.1) is 11.3 Å². The lowest BCUT2D eigenvalue weighted by molar-refractivity contribution is -0.125. The zero-order valence-electron chi connectivity index (χ0n) is 22.9. The van der Waals surface area contributed by atoms with Gasteiger partial charge in [-0.2, -0.15) is 8.78 Å². The summed E-state index contributed by atoms with van der Waals surface area (Å²) < 4.78 is 37.0. The molecule has 2 N–H and O–H groups in total. The minimum absolute atomic E-state index is 0.0187. The molecule has 0 bridgehead atoms. The lowest BCUT2D eigenvalue weighted by Crippen LogP contribution is -2.52. The van der Waals surface area contributed by atoms with Crippen LogP contribution < -0.4 is 20.3 Å². The van der Waals surface area contributed by atoms with E-state index in [0.717, 1.165) is 11.3 Å². The largest absolute Gasteiger partial charge is 0.433 e. The van der Waals surface area contributed by atoms with E-state index in [1.807, 2.05) is 32.6 Å². The molecule has 3 amide bonds. The van der Waals surface area contributed by atoms with E-state index in [4.69, 9.17) is 21.1 Å². The van der Waals surface area contributed by atoms with Gasteiger partial charge in [-0.3, -0.25) is 19.3 Å². The molecule has 1 fully saturated rings. The first-order valence-corrected chi connectivity index (χ1v) is 14.2. The van der Waals surface area contributed by atoms with Crippen LogP contribution in [0.1, 0.15) is 37.4 Å². The van der Waals surface area contributed by atoms with E-state index in [1.165, 1.54) is 17.0 Å². The van der Waals surface area contributed by atoms with Gasteiger partial charge in [0.05, 0.1) is 21.5 Å². The number of anilines is 2. The second-order valence-corrected chi connectivity index (χ2v) is 11.9. The maximum Gasteiger partial charge on any atom is 0.387 e. The van der Waals surface area contributed by atoms with Crippen molar-refractivity contribution in [1.82, 2.24) is 10.2 Å². The highest BCUT2D eigenvalue weighted by molar-refractivity contribution is 7.18. The number of hydrogen-bond acceptors (Lipinski definition) is 7. The third-order valence-electron chi connectivity index (χ3n) is 5.93. The van der Waals surface area contributed by atoms with Crippen molar-refractivity contribution < 1.29 is 32.6 Å². The molecule has 220 valence electrons. The average molecular weight is 601 g/mol. The number of benzene rings is 1. The summed E-state index contributed by atoms with van der Waals surface area (Å²) in [5.41, 5.74) is 0.367. The second kappa shape index (κ2) is 14.7. The fourth-order valence-electron chi connectivity index (χ4n) is 4.35. The maximum absolute atomic E-state index is 13.7. The monoisotopic (exact) mass is 600 g/mol. The average Bonchev–Trinajstić information content (AvgIpc) is 3.30. The van der Waals surface area contributed by atoms with Crippen molar-refractivity contribution in [2.45, 2.75) is 40.3 Å². The Morgan fingerprint density at radius 3 is 2.42 bits per heavy atom. The van der Waals surface area contributed by atoms with E-state index in [-0.39, 0.29) is 54.8 Å². The first-order valence-electron chi connectivity index (χ1n) is 13.0. The van der Waals surface area contributed by atoms with Gasteiger partial charge in [0, 0.05) is 37.9 Å². The SMILES string of the molecule is CC(C)CN(CC(C)C)[C@@H](CNC(=O)c1ccc(Cl)s1)C(=O)Nc1ccc(N2CCOCC2=O)cc1OC(F)F. The normalized spacial score (nSPS) is 14.8. The number of alkyl halides is 2. The maximum atomic E-state index is 13.7.